The maximum Gasteiger partial charge on any atom is 0.274 e. The number of carbonyl (C=O) groups excluding carboxylic acids is 1. The first-order valence-corrected chi connectivity index (χ1v) is 8.55. The van der Waals surface area contributed by atoms with E-state index in [0.29, 0.717) is 20.7 Å². The molecular formula is C13H15N5O3S2. The van der Waals surface area contributed by atoms with Crippen LogP contribution >= 0.6 is 23.1 Å². The first-order chi connectivity index (χ1) is 11.0. The molecule has 0 bridgehead atoms. The molecule has 8 nitrogen and oxygen atoms in total. The third kappa shape index (κ3) is 4.63. The van der Waals surface area contributed by atoms with Crippen molar-refractivity contribution in [1.82, 2.24) is 10.2 Å². The van der Waals surface area contributed by atoms with E-state index in [0.717, 1.165) is 6.54 Å². The lowest BCUT2D eigenvalue weighted by Crippen LogP contribution is -2.15. The predicted octanol–water partition coefficient (Wildman–Crippen LogP) is 2.92. The van der Waals surface area contributed by atoms with Gasteiger partial charge in [-0.3, -0.25) is 14.9 Å². The van der Waals surface area contributed by atoms with E-state index in [1.165, 1.54) is 29.2 Å². The van der Waals surface area contributed by atoms with E-state index in [4.69, 9.17) is 0 Å². The maximum atomic E-state index is 12.0. The molecule has 122 valence electrons. The van der Waals surface area contributed by atoms with Crippen LogP contribution < -0.4 is 10.6 Å². The van der Waals surface area contributed by atoms with Crippen molar-refractivity contribution in [3.05, 3.63) is 33.9 Å². The van der Waals surface area contributed by atoms with Crippen LogP contribution in [0.25, 0.3) is 0 Å². The van der Waals surface area contributed by atoms with Gasteiger partial charge in [-0.05, 0) is 19.9 Å². The SMILES string of the molecule is CCNc1nnc(SCC(=O)Nc2cccc([N+](=O)[O-])c2C)s1. The molecule has 1 aromatic heterocycles. The Morgan fingerprint density at radius 3 is 2.91 bits per heavy atom. The molecule has 0 aliphatic carbocycles. The number of hydrogen-bond donors (Lipinski definition) is 2. The summed E-state index contributed by atoms with van der Waals surface area (Å²) in [5, 5.41) is 25.3. The minimum absolute atomic E-state index is 0.0186. The molecule has 1 heterocycles. The van der Waals surface area contributed by atoms with Crippen LogP contribution in [0.15, 0.2) is 22.5 Å². The van der Waals surface area contributed by atoms with E-state index in [-0.39, 0.29) is 17.3 Å². The van der Waals surface area contributed by atoms with Crippen LogP contribution in [0.5, 0.6) is 0 Å². The smallest absolute Gasteiger partial charge is 0.274 e. The van der Waals surface area contributed by atoms with E-state index >= 15 is 0 Å². The number of benzene rings is 1. The molecule has 0 fully saturated rings. The summed E-state index contributed by atoms with van der Waals surface area (Å²) in [5.41, 5.74) is 0.853. The Morgan fingerprint density at radius 2 is 2.22 bits per heavy atom. The van der Waals surface area contributed by atoms with Crippen LogP contribution in [0, 0.1) is 17.0 Å². The van der Waals surface area contributed by atoms with Crippen molar-refractivity contribution in [2.24, 2.45) is 0 Å². The van der Waals surface area contributed by atoms with Gasteiger partial charge in [0.2, 0.25) is 11.0 Å². The zero-order valence-electron chi connectivity index (χ0n) is 12.5. The normalized spacial score (nSPS) is 10.3. The molecule has 0 spiro atoms. The van der Waals surface area contributed by atoms with Crippen molar-refractivity contribution in [2.45, 2.75) is 18.2 Å². The quantitative estimate of drug-likeness (QED) is 0.447. The molecule has 2 N–H and O–H groups in total. The number of amides is 1. The lowest BCUT2D eigenvalue weighted by atomic mass is 10.1. The summed E-state index contributed by atoms with van der Waals surface area (Å²) in [4.78, 5) is 22.4. The number of anilines is 2. The van der Waals surface area contributed by atoms with Gasteiger partial charge in [0.05, 0.1) is 21.9 Å². The summed E-state index contributed by atoms with van der Waals surface area (Å²) in [6.45, 7) is 4.32. The summed E-state index contributed by atoms with van der Waals surface area (Å²) in [6.07, 6.45) is 0. The van der Waals surface area contributed by atoms with Crippen LogP contribution in [-0.2, 0) is 4.79 Å². The Hall–Kier alpha value is -2.20. The molecule has 10 heteroatoms. The number of rotatable bonds is 7. The van der Waals surface area contributed by atoms with Crippen LogP contribution in [0.4, 0.5) is 16.5 Å². The Balaban J connectivity index is 1.94. The molecule has 2 aromatic rings. The summed E-state index contributed by atoms with van der Waals surface area (Å²) >= 11 is 2.65. The molecule has 23 heavy (non-hydrogen) atoms. The van der Waals surface area contributed by atoms with Crippen LogP contribution in [0.3, 0.4) is 0 Å². The van der Waals surface area contributed by atoms with Crippen molar-refractivity contribution in [1.29, 1.82) is 0 Å². The minimum atomic E-state index is -0.469. The molecule has 1 amide bonds. The van der Waals surface area contributed by atoms with Gasteiger partial charge in [-0.15, -0.1) is 10.2 Å². The highest BCUT2D eigenvalue weighted by Gasteiger charge is 2.15. The number of nitrogens with zero attached hydrogens (tertiary/aromatic N) is 3. The van der Waals surface area contributed by atoms with E-state index in [1.54, 1.807) is 19.1 Å². The van der Waals surface area contributed by atoms with Gasteiger partial charge in [0, 0.05) is 12.6 Å². The third-order valence-electron chi connectivity index (χ3n) is 2.84. The average Bonchev–Trinajstić information content (AvgIpc) is 2.95. The predicted molar refractivity (Wildman–Crippen MR) is 91.3 cm³/mol. The monoisotopic (exact) mass is 353 g/mol. The minimum Gasteiger partial charge on any atom is -0.360 e. The van der Waals surface area contributed by atoms with E-state index < -0.39 is 4.92 Å². The first-order valence-electron chi connectivity index (χ1n) is 6.75. The summed E-state index contributed by atoms with van der Waals surface area (Å²) in [6, 6.07) is 4.59. The summed E-state index contributed by atoms with van der Waals surface area (Å²) in [5.74, 6) is -0.0955. The Labute approximate surface area is 140 Å². The van der Waals surface area contributed by atoms with Gasteiger partial charge in [0.25, 0.3) is 5.69 Å². The average molecular weight is 353 g/mol. The zero-order chi connectivity index (χ0) is 16.8. The number of aromatic nitrogens is 2. The van der Waals surface area contributed by atoms with Crippen molar-refractivity contribution in [2.75, 3.05) is 22.9 Å². The van der Waals surface area contributed by atoms with E-state index in [1.807, 2.05) is 6.92 Å². The van der Waals surface area contributed by atoms with E-state index in [9.17, 15) is 14.9 Å². The number of nitro benzene ring substituents is 1. The van der Waals surface area contributed by atoms with Crippen LogP contribution in [0.2, 0.25) is 0 Å². The number of hydrogen-bond acceptors (Lipinski definition) is 8. The lowest BCUT2D eigenvalue weighted by Gasteiger charge is -2.07. The number of thioether (sulfide) groups is 1. The zero-order valence-corrected chi connectivity index (χ0v) is 14.2. The van der Waals surface area contributed by atoms with Gasteiger partial charge in [0.1, 0.15) is 0 Å². The molecular weight excluding hydrogens is 338 g/mol. The highest BCUT2D eigenvalue weighted by Crippen LogP contribution is 2.27. The van der Waals surface area contributed by atoms with Crippen molar-refractivity contribution in [3.63, 3.8) is 0 Å². The fraction of sp³-hybridized carbons (Fsp3) is 0.308. The molecule has 0 saturated heterocycles. The second-order valence-electron chi connectivity index (χ2n) is 4.45. The second-order valence-corrected chi connectivity index (χ2v) is 6.65. The van der Waals surface area contributed by atoms with Gasteiger partial charge < -0.3 is 10.6 Å². The third-order valence-corrected chi connectivity index (χ3v) is 4.85. The van der Waals surface area contributed by atoms with E-state index in [2.05, 4.69) is 20.8 Å². The van der Waals surface area contributed by atoms with Gasteiger partial charge >= 0.3 is 0 Å². The van der Waals surface area contributed by atoms with Gasteiger partial charge in [-0.25, -0.2) is 0 Å². The summed E-state index contributed by atoms with van der Waals surface area (Å²) < 4.78 is 0.687. The highest BCUT2D eigenvalue weighted by atomic mass is 32.2. The Kier molecular flexibility index (Phi) is 5.88. The molecule has 0 aliphatic rings. The van der Waals surface area contributed by atoms with Gasteiger partial charge in [-0.1, -0.05) is 29.2 Å². The van der Waals surface area contributed by atoms with Crippen molar-refractivity contribution < 1.29 is 9.72 Å². The van der Waals surface area contributed by atoms with Crippen LogP contribution in [0.1, 0.15) is 12.5 Å². The van der Waals surface area contributed by atoms with Gasteiger partial charge in [0.15, 0.2) is 4.34 Å². The number of carbonyl (C=O) groups is 1. The largest absolute Gasteiger partial charge is 0.360 e. The highest BCUT2D eigenvalue weighted by molar-refractivity contribution is 8.01. The summed E-state index contributed by atoms with van der Waals surface area (Å²) in [7, 11) is 0. The topological polar surface area (TPSA) is 110 Å². The Morgan fingerprint density at radius 1 is 1.43 bits per heavy atom. The molecule has 1 aromatic carbocycles. The molecule has 0 aliphatic heterocycles. The second kappa shape index (κ2) is 7.88. The first kappa shape index (κ1) is 17.2. The Bertz CT molecular complexity index is 719. The standard InChI is InChI=1S/C13H15N5O3S2/c1-3-14-12-16-17-13(23-12)22-7-11(19)15-9-5-4-6-10(8(9)2)18(20)21/h4-6H,3,7H2,1-2H3,(H,14,16)(H,15,19). The maximum absolute atomic E-state index is 12.0. The fourth-order valence-corrected chi connectivity index (χ4v) is 3.38. The molecule has 0 unspecified atom stereocenters. The molecule has 0 saturated carbocycles. The van der Waals surface area contributed by atoms with Gasteiger partial charge in [-0.2, -0.15) is 0 Å². The number of nitro groups is 1. The lowest BCUT2D eigenvalue weighted by molar-refractivity contribution is -0.385. The van der Waals surface area contributed by atoms with Crippen molar-refractivity contribution in [3.8, 4) is 0 Å². The molecule has 2 rings (SSSR count). The molecule has 0 radical (unpaired) electrons. The van der Waals surface area contributed by atoms with Crippen molar-refractivity contribution >= 4 is 45.5 Å². The number of nitrogens with one attached hydrogen (secondary N) is 2. The fourth-order valence-electron chi connectivity index (χ4n) is 1.76. The van der Waals surface area contributed by atoms with Crippen LogP contribution in [-0.4, -0.2) is 33.3 Å². The molecule has 0 atom stereocenters.